The Labute approximate surface area is 171 Å². The Kier molecular flexibility index (Phi) is 5.90. The van der Waals surface area contributed by atoms with E-state index in [1.165, 1.54) is 21.6 Å². The van der Waals surface area contributed by atoms with E-state index in [-0.39, 0.29) is 22.0 Å². The van der Waals surface area contributed by atoms with Crippen molar-refractivity contribution in [3.63, 3.8) is 0 Å². The summed E-state index contributed by atoms with van der Waals surface area (Å²) in [5.74, 6) is 0.888. The first-order valence-corrected chi connectivity index (χ1v) is 12.3. The third-order valence-corrected chi connectivity index (χ3v) is 8.75. The summed E-state index contributed by atoms with van der Waals surface area (Å²) in [6, 6.07) is 18.2. The van der Waals surface area contributed by atoms with Crippen molar-refractivity contribution in [3.05, 3.63) is 66.2 Å². The second-order valence-electron chi connectivity index (χ2n) is 7.58. The lowest BCUT2D eigenvalue weighted by atomic mass is 10.0. The van der Waals surface area contributed by atoms with Crippen molar-refractivity contribution < 1.29 is 13.2 Å². The fourth-order valence-corrected chi connectivity index (χ4v) is 7.41. The standard InChI is InChI=1S/C22H25NO3S2/c24-22(27-15-7-10-17-8-3-1-4-9-17)21-18-13-14-19(16-18)23(21)28(25,26)20-11-5-2-6-12-20/h1-6,8-9,11-12,18-19,21H,7,10,13-16H2/t18-,19+,21+/m0/s1. The zero-order valence-corrected chi connectivity index (χ0v) is 17.4. The molecule has 148 valence electrons. The lowest BCUT2D eigenvalue weighted by molar-refractivity contribution is -0.115. The SMILES string of the molecule is O=C(SCCCc1ccccc1)[C@H]1[C@H]2CC[C@H](C2)N1S(=O)(=O)c1ccccc1. The molecule has 3 atom stereocenters. The molecule has 1 saturated carbocycles. The normalized spacial score (nSPS) is 24.5. The molecule has 1 aliphatic carbocycles. The highest BCUT2D eigenvalue weighted by Crippen LogP contribution is 2.46. The number of carbonyl (C=O) groups excluding carboxylic acids is 1. The molecule has 1 heterocycles. The summed E-state index contributed by atoms with van der Waals surface area (Å²) in [5.41, 5.74) is 1.27. The molecule has 2 aliphatic rings. The molecule has 6 heteroatoms. The maximum Gasteiger partial charge on any atom is 0.244 e. The van der Waals surface area contributed by atoms with E-state index in [1.807, 2.05) is 18.2 Å². The maximum absolute atomic E-state index is 13.2. The summed E-state index contributed by atoms with van der Waals surface area (Å²) in [4.78, 5) is 13.3. The number of hydrogen-bond acceptors (Lipinski definition) is 4. The molecule has 2 bridgehead atoms. The van der Waals surface area contributed by atoms with Crippen LogP contribution in [0, 0.1) is 5.92 Å². The van der Waals surface area contributed by atoms with Crippen molar-refractivity contribution >= 4 is 26.9 Å². The van der Waals surface area contributed by atoms with Crippen molar-refractivity contribution in [1.29, 1.82) is 0 Å². The third-order valence-electron chi connectivity index (χ3n) is 5.78. The first-order valence-electron chi connectivity index (χ1n) is 9.86. The maximum atomic E-state index is 13.2. The number of carbonyl (C=O) groups is 1. The van der Waals surface area contributed by atoms with Crippen LogP contribution in [0.1, 0.15) is 31.2 Å². The van der Waals surface area contributed by atoms with Gasteiger partial charge in [0, 0.05) is 11.8 Å². The van der Waals surface area contributed by atoms with Crippen LogP contribution in [0.4, 0.5) is 0 Å². The summed E-state index contributed by atoms with van der Waals surface area (Å²) in [5, 5.41) is 0.0137. The van der Waals surface area contributed by atoms with Gasteiger partial charge in [0.05, 0.1) is 10.9 Å². The van der Waals surface area contributed by atoms with Gasteiger partial charge in [0.25, 0.3) is 0 Å². The quantitative estimate of drug-likeness (QED) is 0.639. The molecule has 2 aromatic carbocycles. The number of rotatable bonds is 7. The number of piperidine rings is 1. The first kappa shape index (κ1) is 19.7. The number of nitrogens with zero attached hydrogens (tertiary/aromatic N) is 1. The smallest absolute Gasteiger partial charge is 0.244 e. The Bertz CT molecular complexity index is 915. The fraction of sp³-hybridized carbons (Fsp3) is 0.409. The van der Waals surface area contributed by atoms with Crippen LogP contribution in [0.15, 0.2) is 65.6 Å². The van der Waals surface area contributed by atoms with Crippen LogP contribution in [0.5, 0.6) is 0 Å². The molecule has 0 unspecified atom stereocenters. The van der Waals surface area contributed by atoms with Crippen LogP contribution in [-0.2, 0) is 21.2 Å². The molecule has 0 aromatic heterocycles. The van der Waals surface area contributed by atoms with Crippen LogP contribution < -0.4 is 0 Å². The number of hydrogen-bond donors (Lipinski definition) is 0. The summed E-state index contributed by atoms with van der Waals surface area (Å²) in [6.45, 7) is 0. The van der Waals surface area contributed by atoms with Gasteiger partial charge in [-0.2, -0.15) is 4.31 Å². The molecular weight excluding hydrogens is 390 g/mol. The highest BCUT2D eigenvalue weighted by Gasteiger charge is 2.54. The number of thioether (sulfide) groups is 1. The molecule has 2 fully saturated rings. The van der Waals surface area contributed by atoms with Gasteiger partial charge in [-0.15, -0.1) is 0 Å². The highest BCUT2D eigenvalue weighted by atomic mass is 32.2. The van der Waals surface area contributed by atoms with E-state index in [0.717, 1.165) is 37.9 Å². The monoisotopic (exact) mass is 415 g/mol. The van der Waals surface area contributed by atoms with E-state index in [9.17, 15) is 13.2 Å². The van der Waals surface area contributed by atoms with Gasteiger partial charge in [-0.25, -0.2) is 8.42 Å². The third kappa shape index (κ3) is 3.91. The molecule has 0 amide bonds. The summed E-state index contributed by atoms with van der Waals surface area (Å²) in [6.07, 6.45) is 4.47. The lowest BCUT2D eigenvalue weighted by Crippen LogP contribution is -2.48. The number of fused-ring (bicyclic) bond motifs is 2. The van der Waals surface area contributed by atoms with Crippen LogP contribution in [-0.4, -0.2) is 35.7 Å². The van der Waals surface area contributed by atoms with Crippen molar-refractivity contribution in [2.45, 2.75) is 49.1 Å². The van der Waals surface area contributed by atoms with Gasteiger partial charge in [0.2, 0.25) is 15.1 Å². The topological polar surface area (TPSA) is 54.5 Å². The van der Waals surface area contributed by atoms with Gasteiger partial charge < -0.3 is 0 Å². The number of sulfonamides is 1. The average molecular weight is 416 g/mol. The zero-order chi connectivity index (χ0) is 19.6. The molecule has 1 saturated heterocycles. The average Bonchev–Trinajstić information content (AvgIpc) is 3.34. The second-order valence-corrected chi connectivity index (χ2v) is 10.5. The largest absolute Gasteiger partial charge is 0.285 e. The molecular formula is C22H25NO3S2. The molecule has 0 spiro atoms. The zero-order valence-electron chi connectivity index (χ0n) is 15.7. The second kappa shape index (κ2) is 8.39. The highest BCUT2D eigenvalue weighted by molar-refractivity contribution is 8.13. The van der Waals surface area contributed by atoms with Crippen LogP contribution in [0.3, 0.4) is 0 Å². The summed E-state index contributed by atoms with van der Waals surface area (Å²) >= 11 is 1.30. The Morgan fingerprint density at radius 2 is 1.68 bits per heavy atom. The molecule has 4 nitrogen and oxygen atoms in total. The molecule has 4 rings (SSSR count). The Balaban J connectivity index is 1.43. The van der Waals surface area contributed by atoms with E-state index in [4.69, 9.17) is 0 Å². The predicted octanol–water partition coefficient (Wildman–Crippen LogP) is 4.12. The lowest BCUT2D eigenvalue weighted by Gasteiger charge is -2.33. The van der Waals surface area contributed by atoms with Gasteiger partial charge in [-0.1, -0.05) is 60.3 Å². The summed E-state index contributed by atoms with van der Waals surface area (Å²) in [7, 11) is -3.64. The van der Waals surface area contributed by atoms with E-state index in [1.54, 1.807) is 30.3 Å². The first-order chi connectivity index (χ1) is 13.6. The minimum absolute atomic E-state index is 0.0137. The molecule has 2 aromatic rings. The van der Waals surface area contributed by atoms with Gasteiger partial charge in [0.15, 0.2) is 0 Å². The van der Waals surface area contributed by atoms with Gasteiger partial charge in [0.1, 0.15) is 0 Å². The molecule has 0 N–H and O–H groups in total. The molecule has 28 heavy (non-hydrogen) atoms. The number of benzene rings is 2. The van der Waals surface area contributed by atoms with E-state index >= 15 is 0 Å². The van der Waals surface area contributed by atoms with Crippen molar-refractivity contribution in [1.82, 2.24) is 4.31 Å². The Hall–Kier alpha value is -1.63. The number of aryl methyl sites for hydroxylation is 1. The minimum atomic E-state index is -3.64. The molecule has 0 radical (unpaired) electrons. The van der Waals surface area contributed by atoms with Crippen molar-refractivity contribution in [3.8, 4) is 0 Å². The van der Waals surface area contributed by atoms with Crippen molar-refractivity contribution in [2.75, 3.05) is 5.75 Å². The Morgan fingerprint density at radius 3 is 2.39 bits per heavy atom. The van der Waals surface area contributed by atoms with Gasteiger partial charge in [-0.05, 0) is 55.7 Å². The van der Waals surface area contributed by atoms with Gasteiger partial charge in [-0.3, -0.25) is 4.79 Å². The minimum Gasteiger partial charge on any atom is -0.285 e. The van der Waals surface area contributed by atoms with E-state index in [2.05, 4.69) is 12.1 Å². The van der Waals surface area contributed by atoms with Crippen LogP contribution in [0.25, 0.3) is 0 Å². The van der Waals surface area contributed by atoms with E-state index in [0.29, 0.717) is 0 Å². The van der Waals surface area contributed by atoms with Crippen LogP contribution >= 0.6 is 11.8 Å². The van der Waals surface area contributed by atoms with E-state index < -0.39 is 16.1 Å². The van der Waals surface area contributed by atoms with Gasteiger partial charge >= 0.3 is 0 Å². The predicted molar refractivity (Wildman–Crippen MR) is 113 cm³/mol. The fourth-order valence-electron chi connectivity index (χ4n) is 4.48. The molecule has 1 aliphatic heterocycles. The Morgan fingerprint density at radius 1 is 1.00 bits per heavy atom. The summed E-state index contributed by atoms with van der Waals surface area (Å²) < 4.78 is 28.0. The van der Waals surface area contributed by atoms with Crippen LogP contribution in [0.2, 0.25) is 0 Å². The van der Waals surface area contributed by atoms with Crippen molar-refractivity contribution in [2.24, 2.45) is 5.92 Å².